The first-order chi connectivity index (χ1) is 16.2. The predicted octanol–water partition coefficient (Wildman–Crippen LogP) is 0.522. The molecule has 1 amide bonds. The highest BCUT2D eigenvalue weighted by Gasteiger charge is 2.35. The zero-order valence-electron chi connectivity index (χ0n) is 19.0. The second kappa shape index (κ2) is 10.7. The fourth-order valence-corrected chi connectivity index (χ4v) is 3.90. The van der Waals surface area contributed by atoms with Gasteiger partial charge >= 0.3 is 5.69 Å². The van der Waals surface area contributed by atoms with Crippen LogP contribution in [-0.2, 0) is 11.3 Å². The number of amides is 1. The van der Waals surface area contributed by atoms with Gasteiger partial charge in [0.2, 0.25) is 0 Å². The third kappa shape index (κ3) is 5.25. The van der Waals surface area contributed by atoms with Gasteiger partial charge in [0.05, 0.1) is 18.3 Å². The van der Waals surface area contributed by atoms with E-state index in [2.05, 4.69) is 0 Å². The molecule has 0 spiro atoms. The minimum atomic E-state index is -0.916. The van der Waals surface area contributed by atoms with Gasteiger partial charge in [0.1, 0.15) is 24.2 Å². The number of rotatable bonds is 8. The number of carbonyl (C=O) groups excluding carboxylic acids is 1. The van der Waals surface area contributed by atoms with E-state index in [1.165, 1.54) is 27.8 Å². The summed E-state index contributed by atoms with van der Waals surface area (Å²) in [6, 6.07) is 5.29. The molecule has 0 saturated carbocycles. The van der Waals surface area contributed by atoms with Gasteiger partial charge in [-0.2, -0.15) is 5.26 Å². The third-order valence-electron chi connectivity index (χ3n) is 5.87. The molecule has 2 heterocycles. The van der Waals surface area contributed by atoms with Crippen LogP contribution in [0.2, 0.25) is 0 Å². The first kappa shape index (κ1) is 25.3. The Kier molecular flexibility index (Phi) is 7.98. The van der Waals surface area contributed by atoms with Gasteiger partial charge < -0.3 is 19.8 Å². The van der Waals surface area contributed by atoms with E-state index in [4.69, 9.17) is 10.00 Å². The minimum Gasteiger partial charge on any atom is -0.394 e. The van der Waals surface area contributed by atoms with E-state index >= 15 is 0 Å². The molecule has 1 aliphatic rings. The second-order valence-electron chi connectivity index (χ2n) is 8.31. The summed E-state index contributed by atoms with van der Waals surface area (Å²) in [5, 5.41) is 28.2. The zero-order valence-corrected chi connectivity index (χ0v) is 19.0. The Morgan fingerprint density at radius 1 is 1.35 bits per heavy atom. The Balaban J connectivity index is 1.64. The highest BCUT2D eigenvalue weighted by Crippen LogP contribution is 2.27. The summed E-state index contributed by atoms with van der Waals surface area (Å²) in [5.74, 6) is -1.07. The van der Waals surface area contributed by atoms with Crippen LogP contribution in [0.25, 0.3) is 0 Å². The van der Waals surface area contributed by atoms with E-state index in [0.29, 0.717) is 24.9 Å². The number of carbonyl (C=O) groups is 1. The molecule has 3 atom stereocenters. The molecule has 0 aliphatic carbocycles. The Labute approximate surface area is 195 Å². The number of aliphatic hydroxyl groups is 2. The zero-order chi connectivity index (χ0) is 25.0. The van der Waals surface area contributed by atoms with Crippen molar-refractivity contribution in [2.24, 2.45) is 0 Å². The number of aryl methyl sites for hydroxylation is 1. The number of halogens is 1. The summed E-state index contributed by atoms with van der Waals surface area (Å²) < 4.78 is 21.4. The van der Waals surface area contributed by atoms with Crippen LogP contribution in [-0.4, -0.2) is 62.6 Å². The molecule has 1 fully saturated rings. The molecule has 34 heavy (non-hydrogen) atoms. The van der Waals surface area contributed by atoms with E-state index in [1.54, 1.807) is 20.0 Å². The van der Waals surface area contributed by atoms with Crippen LogP contribution < -0.4 is 11.2 Å². The van der Waals surface area contributed by atoms with Crippen molar-refractivity contribution in [3.8, 4) is 6.07 Å². The summed E-state index contributed by atoms with van der Waals surface area (Å²) in [7, 11) is 1.57. The lowest BCUT2D eigenvalue weighted by molar-refractivity contribution is -0.0464. The number of ether oxygens (including phenoxy) is 1. The molecule has 1 aromatic carbocycles. The van der Waals surface area contributed by atoms with Crippen molar-refractivity contribution in [3.05, 3.63) is 67.7 Å². The SMILES string of the molecule is Cc1cn([C@H]2C[C@H](O)[C@@H](CO)O2)c(=O)n(CCCCN(C)C(=O)c2ccc(F)c(C#N)c2)c1=O. The summed E-state index contributed by atoms with van der Waals surface area (Å²) >= 11 is 0. The van der Waals surface area contributed by atoms with Crippen LogP contribution in [0.15, 0.2) is 34.0 Å². The number of unbranched alkanes of at least 4 members (excludes halogenated alkanes) is 1. The highest BCUT2D eigenvalue weighted by atomic mass is 19.1. The van der Waals surface area contributed by atoms with Gasteiger partial charge in [0.15, 0.2) is 0 Å². The Hall–Kier alpha value is -3.33. The molecule has 2 N–H and O–H groups in total. The van der Waals surface area contributed by atoms with Crippen LogP contribution in [0.1, 0.15) is 47.0 Å². The van der Waals surface area contributed by atoms with E-state index in [9.17, 15) is 29.0 Å². The Morgan fingerprint density at radius 3 is 2.74 bits per heavy atom. The van der Waals surface area contributed by atoms with Gasteiger partial charge in [0.25, 0.3) is 11.5 Å². The number of benzene rings is 1. The van der Waals surface area contributed by atoms with E-state index in [-0.39, 0.29) is 36.6 Å². The molecule has 3 rings (SSSR count). The summed E-state index contributed by atoms with van der Waals surface area (Å²) in [5.41, 5.74) is -0.692. The number of nitrogens with zero attached hydrogens (tertiary/aromatic N) is 4. The van der Waals surface area contributed by atoms with Gasteiger partial charge in [-0.05, 0) is 38.0 Å². The van der Waals surface area contributed by atoms with Crippen LogP contribution in [0.3, 0.4) is 0 Å². The van der Waals surface area contributed by atoms with Gasteiger partial charge in [-0.3, -0.25) is 18.7 Å². The molecule has 0 bridgehead atoms. The molecule has 2 aromatic rings. The summed E-state index contributed by atoms with van der Waals surface area (Å²) in [6.07, 6.45) is -0.0778. The predicted molar refractivity (Wildman–Crippen MR) is 119 cm³/mol. The molecule has 182 valence electrons. The molecule has 1 aliphatic heterocycles. The van der Waals surface area contributed by atoms with Crippen molar-refractivity contribution >= 4 is 5.91 Å². The maximum absolute atomic E-state index is 13.5. The van der Waals surface area contributed by atoms with E-state index < -0.39 is 35.5 Å². The van der Waals surface area contributed by atoms with Gasteiger partial charge in [-0.15, -0.1) is 0 Å². The number of aliphatic hydroxyl groups excluding tert-OH is 2. The third-order valence-corrected chi connectivity index (χ3v) is 5.87. The van der Waals surface area contributed by atoms with Crippen molar-refractivity contribution < 1.29 is 24.1 Å². The normalized spacial score (nSPS) is 19.7. The smallest absolute Gasteiger partial charge is 0.333 e. The summed E-state index contributed by atoms with van der Waals surface area (Å²) in [6.45, 7) is 1.64. The van der Waals surface area contributed by atoms with Crippen molar-refractivity contribution in [1.82, 2.24) is 14.0 Å². The maximum Gasteiger partial charge on any atom is 0.333 e. The largest absolute Gasteiger partial charge is 0.394 e. The fourth-order valence-electron chi connectivity index (χ4n) is 3.90. The molecular weight excluding hydrogens is 447 g/mol. The van der Waals surface area contributed by atoms with E-state index in [0.717, 1.165) is 10.6 Å². The number of nitriles is 1. The lowest BCUT2D eigenvalue weighted by atomic mass is 10.1. The van der Waals surface area contributed by atoms with Crippen molar-refractivity contribution in [1.29, 1.82) is 5.26 Å². The molecule has 11 heteroatoms. The van der Waals surface area contributed by atoms with Gasteiger partial charge in [-0.25, -0.2) is 9.18 Å². The number of hydrogen-bond donors (Lipinski definition) is 2. The number of aromatic nitrogens is 2. The van der Waals surface area contributed by atoms with Gasteiger partial charge in [-0.1, -0.05) is 0 Å². The molecular formula is C23H27FN4O6. The van der Waals surface area contributed by atoms with E-state index in [1.807, 2.05) is 0 Å². The molecule has 10 nitrogen and oxygen atoms in total. The lowest BCUT2D eigenvalue weighted by Crippen LogP contribution is -2.42. The molecule has 0 radical (unpaired) electrons. The first-order valence-corrected chi connectivity index (χ1v) is 10.9. The fraction of sp³-hybridized carbons (Fsp3) is 0.478. The summed E-state index contributed by atoms with van der Waals surface area (Å²) in [4.78, 5) is 39.4. The van der Waals surface area contributed by atoms with Crippen molar-refractivity contribution in [2.45, 2.75) is 51.2 Å². The molecule has 1 saturated heterocycles. The maximum atomic E-state index is 13.5. The first-order valence-electron chi connectivity index (χ1n) is 10.9. The Bertz CT molecular complexity index is 1220. The molecule has 0 unspecified atom stereocenters. The van der Waals surface area contributed by atoms with Crippen LogP contribution in [0, 0.1) is 24.1 Å². The highest BCUT2D eigenvalue weighted by molar-refractivity contribution is 5.94. The van der Waals surface area contributed by atoms with Gasteiger partial charge in [0, 0.05) is 43.9 Å². The second-order valence-corrected chi connectivity index (χ2v) is 8.31. The quantitative estimate of drug-likeness (QED) is 0.532. The lowest BCUT2D eigenvalue weighted by Gasteiger charge is -2.19. The monoisotopic (exact) mass is 474 g/mol. The van der Waals surface area contributed by atoms with Crippen LogP contribution in [0.4, 0.5) is 4.39 Å². The molecule has 1 aromatic heterocycles. The van der Waals surface area contributed by atoms with Crippen LogP contribution in [0.5, 0.6) is 0 Å². The topological polar surface area (TPSA) is 138 Å². The minimum absolute atomic E-state index is 0.118. The number of hydrogen-bond acceptors (Lipinski definition) is 7. The van der Waals surface area contributed by atoms with Crippen LogP contribution >= 0.6 is 0 Å². The van der Waals surface area contributed by atoms with Crippen molar-refractivity contribution in [3.63, 3.8) is 0 Å². The average Bonchev–Trinajstić information content (AvgIpc) is 3.20. The van der Waals surface area contributed by atoms with Crippen molar-refractivity contribution in [2.75, 3.05) is 20.2 Å². The Morgan fingerprint density at radius 2 is 2.09 bits per heavy atom. The standard InChI is InChI=1S/C23H27FN4O6/c1-14-12-28(20-10-18(30)19(13-29)34-20)23(33)27(21(14)31)8-4-3-7-26(2)22(32)15-5-6-17(24)16(9-15)11-25/h5-6,9,12,18-20,29-30H,3-4,7-8,10,13H2,1-2H3/t18-,19+,20+/m0/s1. The average molecular weight is 474 g/mol.